The van der Waals surface area contributed by atoms with Gasteiger partial charge in [0.2, 0.25) is 0 Å². The summed E-state index contributed by atoms with van der Waals surface area (Å²) in [7, 11) is 2.54. The minimum atomic E-state index is -1.03. The highest BCUT2D eigenvalue weighted by molar-refractivity contribution is 6.02. The largest absolute Gasteiger partial charge is 0.468 e. The standard InChI is InChI=1S/C10H16O5/c1-4-7(11)5-8(10(13)15-3)9(12)6-14-2/h8H,4-6H2,1-3H3. The molecule has 0 bridgehead atoms. The van der Waals surface area contributed by atoms with Crippen LogP contribution in [-0.2, 0) is 23.9 Å². The third kappa shape index (κ3) is 4.69. The molecule has 0 radical (unpaired) electrons. The van der Waals surface area contributed by atoms with Gasteiger partial charge in [-0.15, -0.1) is 0 Å². The zero-order valence-corrected chi connectivity index (χ0v) is 9.24. The van der Waals surface area contributed by atoms with E-state index in [0.29, 0.717) is 6.42 Å². The van der Waals surface area contributed by atoms with Gasteiger partial charge in [-0.05, 0) is 0 Å². The number of ether oxygens (including phenoxy) is 2. The smallest absolute Gasteiger partial charge is 0.316 e. The van der Waals surface area contributed by atoms with E-state index in [4.69, 9.17) is 0 Å². The van der Waals surface area contributed by atoms with Crippen molar-refractivity contribution in [2.24, 2.45) is 5.92 Å². The molecule has 0 aromatic rings. The van der Waals surface area contributed by atoms with Crippen LogP contribution in [0.2, 0.25) is 0 Å². The van der Waals surface area contributed by atoms with Crippen molar-refractivity contribution in [1.29, 1.82) is 0 Å². The van der Waals surface area contributed by atoms with Gasteiger partial charge in [0, 0.05) is 20.0 Å². The Kier molecular flexibility index (Phi) is 6.53. The molecular formula is C10H16O5. The predicted molar refractivity (Wildman–Crippen MR) is 52.3 cm³/mol. The molecule has 0 aliphatic rings. The Balaban J connectivity index is 4.50. The molecule has 0 saturated heterocycles. The molecule has 0 rings (SSSR count). The maximum atomic E-state index is 11.4. The van der Waals surface area contributed by atoms with Crippen molar-refractivity contribution < 1.29 is 23.9 Å². The summed E-state index contributed by atoms with van der Waals surface area (Å²) in [5.41, 5.74) is 0. The van der Waals surface area contributed by atoms with E-state index in [-0.39, 0.29) is 18.8 Å². The van der Waals surface area contributed by atoms with E-state index in [9.17, 15) is 14.4 Å². The summed E-state index contributed by atoms with van der Waals surface area (Å²) in [6.07, 6.45) is 0.194. The number of esters is 1. The van der Waals surface area contributed by atoms with E-state index in [1.807, 2.05) is 0 Å². The van der Waals surface area contributed by atoms with Crippen LogP contribution >= 0.6 is 0 Å². The minimum absolute atomic E-state index is 0.106. The average Bonchev–Trinajstić information content (AvgIpc) is 2.24. The molecular weight excluding hydrogens is 200 g/mol. The molecule has 0 aliphatic heterocycles. The number of ketones is 2. The molecule has 0 N–H and O–H groups in total. The zero-order chi connectivity index (χ0) is 11.8. The van der Waals surface area contributed by atoms with Crippen LogP contribution in [0.15, 0.2) is 0 Å². The Bertz CT molecular complexity index is 246. The molecule has 15 heavy (non-hydrogen) atoms. The molecule has 1 unspecified atom stereocenters. The van der Waals surface area contributed by atoms with Crippen LogP contribution < -0.4 is 0 Å². The van der Waals surface area contributed by atoms with Crippen LogP contribution in [0, 0.1) is 5.92 Å². The van der Waals surface area contributed by atoms with Crippen molar-refractivity contribution in [2.75, 3.05) is 20.8 Å². The summed E-state index contributed by atoms with van der Waals surface area (Å²) in [4.78, 5) is 33.8. The SMILES string of the molecule is CCC(=O)CC(C(=O)COC)C(=O)OC. The van der Waals surface area contributed by atoms with Crippen molar-refractivity contribution in [3.05, 3.63) is 0 Å². The first-order valence-corrected chi connectivity index (χ1v) is 4.68. The molecule has 5 nitrogen and oxygen atoms in total. The fourth-order valence-corrected chi connectivity index (χ4v) is 1.09. The van der Waals surface area contributed by atoms with Crippen molar-refractivity contribution >= 4 is 17.5 Å². The van der Waals surface area contributed by atoms with Gasteiger partial charge in [0.05, 0.1) is 7.11 Å². The van der Waals surface area contributed by atoms with Gasteiger partial charge in [-0.3, -0.25) is 14.4 Å². The highest BCUT2D eigenvalue weighted by Gasteiger charge is 2.28. The molecule has 0 aromatic carbocycles. The molecule has 5 heteroatoms. The Morgan fingerprint density at radius 1 is 1.20 bits per heavy atom. The predicted octanol–water partition coefficient (Wildman–Crippen LogP) is 0.360. The van der Waals surface area contributed by atoms with E-state index < -0.39 is 17.7 Å². The normalized spacial score (nSPS) is 11.9. The molecule has 0 aliphatic carbocycles. The summed E-state index contributed by atoms with van der Waals surface area (Å²) < 4.78 is 9.08. The van der Waals surface area contributed by atoms with E-state index >= 15 is 0 Å². The second kappa shape index (κ2) is 7.11. The topological polar surface area (TPSA) is 69.7 Å². The van der Waals surface area contributed by atoms with Crippen molar-refractivity contribution in [3.8, 4) is 0 Å². The molecule has 0 heterocycles. The summed E-state index contributed by atoms with van der Waals surface area (Å²) in [6, 6.07) is 0. The van der Waals surface area contributed by atoms with Gasteiger partial charge in [-0.2, -0.15) is 0 Å². The van der Waals surface area contributed by atoms with Gasteiger partial charge in [0.1, 0.15) is 18.3 Å². The van der Waals surface area contributed by atoms with E-state index in [1.165, 1.54) is 14.2 Å². The van der Waals surface area contributed by atoms with Crippen LogP contribution in [0.25, 0.3) is 0 Å². The number of Topliss-reactive ketones (excluding diaryl/α,β-unsaturated/α-hetero) is 2. The number of carbonyl (C=O) groups is 3. The quantitative estimate of drug-likeness (QED) is 0.454. The third-order valence-electron chi connectivity index (χ3n) is 1.99. The first-order valence-electron chi connectivity index (χ1n) is 4.68. The Morgan fingerprint density at radius 2 is 1.80 bits per heavy atom. The fraction of sp³-hybridized carbons (Fsp3) is 0.700. The van der Waals surface area contributed by atoms with Gasteiger partial charge >= 0.3 is 5.97 Å². The lowest BCUT2D eigenvalue weighted by Crippen LogP contribution is -2.30. The summed E-state index contributed by atoms with van der Waals surface area (Å²) in [5, 5.41) is 0. The Morgan fingerprint density at radius 3 is 2.20 bits per heavy atom. The second-order valence-corrected chi connectivity index (χ2v) is 3.07. The third-order valence-corrected chi connectivity index (χ3v) is 1.99. The molecule has 0 amide bonds. The fourth-order valence-electron chi connectivity index (χ4n) is 1.09. The van der Waals surface area contributed by atoms with Gasteiger partial charge in [-0.1, -0.05) is 6.92 Å². The molecule has 0 aromatic heterocycles. The summed E-state index contributed by atoms with van der Waals surface area (Å²) in [5.74, 6) is -2.28. The van der Waals surface area contributed by atoms with Crippen LogP contribution in [0.1, 0.15) is 19.8 Å². The van der Waals surface area contributed by atoms with Crippen molar-refractivity contribution in [1.82, 2.24) is 0 Å². The molecule has 1 atom stereocenters. The lowest BCUT2D eigenvalue weighted by atomic mass is 9.97. The molecule has 0 saturated carbocycles. The first kappa shape index (κ1) is 13.8. The maximum absolute atomic E-state index is 11.4. The van der Waals surface area contributed by atoms with Crippen LogP contribution in [0.4, 0.5) is 0 Å². The zero-order valence-electron chi connectivity index (χ0n) is 9.24. The maximum Gasteiger partial charge on any atom is 0.316 e. The van der Waals surface area contributed by atoms with Crippen LogP contribution in [0.5, 0.6) is 0 Å². The number of carbonyl (C=O) groups excluding carboxylic acids is 3. The minimum Gasteiger partial charge on any atom is -0.468 e. The highest BCUT2D eigenvalue weighted by atomic mass is 16.5. The van der Waals surface area contributed by atoms with Crippen molar-refractivity contribution in [2.45, 2.75) is 19.8 Å². The first-order chi connectivity index (χ1) is 7.06. The lowest BCUT2D eigenvalue weighted by molar-refractivity contribution is -0.152. The van der Waals surface area contributed by atoms with Crippen LogP contribution in [0.3, 0.4) is 0 Å². The van der Waals surface area contributed by atoms with Gasteiger partial charge in [0.25, 0.3) is 0 Å². The lowest BCUT2D eigenvalue weighted by Gasteiger charge is -2.11. The number of hydrogen-bond donors (Lipinski definition) is 0. The number of methoxy groups -OCH3 is 2. The second-order valence-electron chi connectivity index (χ2n) is 3.07. The molecule has 0 spiro atoms. The van der Waals surface area contributed by atoms with E-state index in [1.54, 1.807) is 6.92 Å². The Labute approximate surface area is 88.7 Å². The number of rotatable bonds is 7. The van der Waals surface area contributed by atoms with E-state index in [0.717, 1.165) is 0 Å². The monoisotopic (exact) mass is 216 g/mol. The van der Waals surface area contributed by atoms with Gasteiger partial charge in [0.15, 0.2) is 5.78 Å². The molecule has 0 fully saturated rings. The average molecular weight is 216 g/mol. The summed E-state index contributed by atoms with van der Waals surface area (Å²) in [6.45, 7) is 1.49. The van der Waals surface area contributed by atoms with Gasteiger partial charge in [-0.25, -0.2) is 0 Å². The number of hydrogen-bond acceptors (Lipinski definition) is 5. The molecule has 86 valence electrons. The van der Waals surface area contributed by atoms with Crippen molar-refractivity contribution in [3.63, 3.8) is 0 Å². The van der Waals surface area contributed by atoms with E-state index in [2.05, 4.69) is 9.47 Å². The Hall–Kier alpha value is -1.23. The van der Waals surface area contributed by atoms with Gasteiger partial charge < -0.3 is 9.47 Å². The highest BCUT2D eigenvalue weighted by Crippen LogP contribution is 2.09. The van der Waals surface area contributed by atoms with Crippen LogP contribution in [-0.4, -0.2) is 38.4 Å². The summed E-state index contributed by atoms with van der Waals surface area (Å²) >= 11 is 0.